The highest BCUT2D eigenvalue weighted by molar-refractivity contribution is 5.87. The number of rotatable bonds is 9. The fraction of sp³-hybridized carbons (Fsp3) is 0.640. The summed E-state index contributed by atoms with van der Waals surface area (Å²) in [7, 11) is 0. The van der Waals surface area contributed by atoms with Crippen LogP contribution in [-0.4, -0.2) is 71.2 Å². The monoisotopic (exact) mass is 495 g/mol. The van der Waals surface area contributed by atoms with Gasteiger partial charge in [0.25, 0.3) is 5.91 Å². The molecule has 2 heterocycles. The molecule has 3 fully saturated rings. The number of carbonyl (C=O) groups is 3. The summed E-state index contributed by atoms with van der Waals surface area (Å²) in [4.78, 5) is 39.2. The smallest absolute Gasteiger partial charge is 0.264 e. The number of halogens is 3. The van der Waals surface area contributed by atoms with E-state index in [4.69, 9.17) is 0 Å². The van der Waals surface area contributed by atoms with Crippen LogP contribution in [0, 0.1) is 23.6 Å². The topological polar surface area (TPSA) is 89.9 Å². The van der Waals surface area contributed by atoms with Crippen LogP contribution in [0.5, 0.6) is 0 Å². The van der Waals surface area contributed by atoms with E-state index >= 15 is 4.39 Å². The Bertz CT molecular complexity index is 975. The lowest BCUT2D eigenvalue weighted by molar-refractivity contribution is -0.166. The van der Waals surface area contributed by atoms with Gasteiger partial charge in [-0.25, -0.2) is 13.2 Å². The van der Waals surface area contributed by atoms with E-state index in [9.17, 15) is 28.4 Å². The molecule has 1 aromatic carbocycles. The molecule has 1 aromatic rings. The van der Waals surface area contributed by atoms with Crippen LogP contribution in [0.2, 0.25) is 0 Å². The number of ketones is 1. The lowest BCUT2D eigenvalue weighted by Crippen LogP contribution is -2.53. The number of carbonyl (C=O) groups excluding carboxylic acids is 3. The zero-order valence-corrected chi connectivity index (χ0v) is 19.8. The number of nitrogens with one attached hydrogen (secondary N) is 1. The van der Waals surface area contributed by atoms with E-state index in [1.807, 2.05) is 0 Å². The summed E-state index contributed by atoms with van der Waals surface area (Å²) < 4.78 is 42.9. The Morgan fingerprint density at radius 3 is 2.74 bits per heavy atom. The van der Waals surface area contributed by atoms with Crippen molar-refractivity contribution in [2.45, 2.75) is 56.8 Å². The molecule has 2 aliphatic heterocycles. The average molecular weight is 496 g/mol. The van der Waals surface area contributed by atoms with Crippen LogP contribution < -0.4 is 5.32 Å². The molecule has 0 radical (unpaired) electrons. The zero-order chi connectivity index (χ0) is 25.3. The van der Waals surface area contributed by atoms with E-state index in [0.717, 1.165) is 37.3 Å². The zero-order valence-electron chi connectivity index (χ0n) is 19.8. The van der Waals surface area contributed by atoms with Crippen molar-refractivity contribution in [1.82, 2.24) is 15.3 Å². The summed E-state index contributed by atoms with van der Waals surface area (Å²) in [5.41, 5.74) is -2.59. The lowest BCUT2D eigenvalue weighted by Gasteiger charge is -2.36. The quantitative estimate of drug-likeness (QED) is 0.515. The number of hydroxylamine groups is 2. The second-order valence-corrected chi connectivity index (χ2v) is 10.1. The normalized spacial score (nSPS) is 28.6. The van der Waals surface area contributed by atoms with Crippen molar-refractivity contribution < 1.29 is 32.8 Å². The minimum absolute atomic E-state index is 0.00665. The van der Waals surface area contributed by atoms with Gasteiger partial charge in [-0.05, 0) is 56.6 Å². The molecule has 2 saturated heterocycles. The second kappa shape index (κ2) is 10.3. The first-order chi connectivity index (χ1) is 16.6. The van der Waals surface area contributed by atoms with Crippen LogP contribution >= 0.6 is 0 Å². The molecule has 0 bridgehead atoms. The standard InChI is InChI=1S/C25H32F3N3O4/c1-25(28,17-5-3-6-18(27)11-17)24(34)30-13-16-4-2-7-19(16)21(30)14-31(35)20(22(32)12-26)10-15-8-9-29-23(15)33/h3,5-6,11,15-16,19-21,35H,2,4,7-10,12-14H2,1H3,(H,29,33)/t15?,16?,19?,20-,21+,25?/m0/s1. The van der Waals surface area contributed by atoms with Crippen LogP contribution in [0.4, 0.5) is 13.2 Å². The highest BCUT2D eigenvalue weighted by Crippen LogP contribution is 2.44. The molecular formula is C25H32F3N3O4. The predicted molar refractivity (Wildman–Crippen MR) is 120 cm³/mol. The largest absolute Gasteiger partial charge is 0.356 e. The molecule has 7 nitrogen and oxygen atoms in total. The molecule has 1 saturated carbocycles. The van der Waals surface area contributed by atoms with E-state index in [-0.39, 0.29) is 36.3 Å². The molecule has 4 unspecified atom stereocenters. The second-order valence-electron chi connectivity index (χ2n) is 10.1. The summed E-state index contributed by atoms with van der Waals surface area (Å²) in [6.07, 6.45) is 3.02. The number of benzene rings is 1. The fourth-order valence-electron chi connectivity index (χ4n) is 6.03. The highest BCUT2D eigenvalue weighted by Gasteiger charge is 2.51. The van der Waals surface area contributed by atoms with E-state index < -0.39 is 47.9 Å². The number of fused-ring (bicyclic) bond motifs is 1. The number of Topliss-reactive ketones (excluding diaryl/α,β-unsaturated/α-hetero) is 1. The molecule has 35 heavy (non-hydrogen) atoms. The molecule has 4 rings (SSSR count). The van der Waals surface area contributed by atoms with Crippen molar-refractivity contribution in [2.75, 3.05) is 26.3 Å². The fourth-order valence-corrected chi connectivity index (χ4v) is 6.03. The van der Waals surface area contributed by atoms with Crippen molar-refractivity contribution in [3.05, 3.63) is 35.6 Å². The van der Waals surface area contributed by atoms with Gasteiger partial charge in [0, 0.05) is 37.2 Å². The Hall–Kier alpha value is -2.46. The number of amides is 2. The number of nitrogens with zero attached hydrogens (tertiary/aromatic N) is 2. The molecule has 2 amide bonds. The van der Waals surface area contributed by atoms with Crippen LogP contribution in [0.15, 0.2) is 24.3 Å². The molecule has 10 heteroatoms. The van der Waals surface area contributed by atoms with Crippen LogP contribution in [0.25, 0.3) is 0 Å². The highest BCUT2D eigenvalue weighted by atomic mass is 19.1. The molecule has 2 N–H and O–H groups in total. The van der Waals surface area contributed by atoms with Gasteiger partial charge in [-0.15, -0.1) is 0 Å². The van der Waals surface area contributed by atoms with Gasteiger partial charge >= 0.3 is 0 Å². The van der Waals surface area contributed by atoms with Gasteiger partial charge in [0.2, 0.25) is 11.6 Å². The summed E-state index contributed by atoms with van der Waals surface area (Å²) in [6.45, 7) is 0.382. The molecule has 0 spiro atoms. The maximum atomic E-state index is 15.8. The third kappa shape index (κ3) is 5.09. The van der Waals surface area contributed by atoms with Gasteiger partial charge in [0.05, 0.1) is 6.04 Å². The molecule has 3 aliphatic rings. The Labute approximate surface area is 202 Å². The minimum Gasteiger partial charge on any atom is -0.356 e. The molecular weight excluding hydrogens is 463 g/mol. The van der Waals surface area contributed by atoms with E-state index in [2.05, 4.69) is 5.32 Å². The van der Waals surface area contributed by atoms with Gasteiger partial charge in [-0.3, -0.25) is 14.4 Å². The van der Waals surface area contributed by atoms with Crippen molar-refractivity contribution in [3.8, 4) is 0 Å². The van der Waals surface area contributed by atoms with Gasteiger partial charge in [-0.1, -0.05) is 18.6 Å². The first-order valence-corrected chi connectivity index (χ1v) is 12.2. The van der Waals surface area contributed by atoms with Crippen LogP contribution in [0.1, 0.15) is 44.6 Å². The first-order valence-electron chi connectivity index (χ1n) is 12.2. The van der Waals surface area contributed by atoms with Crippen molar-refractivity contribution in [2.24, 2.45) is 17.8 Å². The molecule has 192 valence electrons. The lowest BCUT2D eigenvalue weighted by atomic mass is 9.91. The maximum Gasteiger partial charge on any atom is 0.264 e. The van der Waals surface area contributed by atoms with E-state index in [1.54, 1.807) is 0 Å². The Morgan fingerprint density at radius 2 is 2.09 bits per heavy atom. The van der Waals surface area contributed by atoms with Crippen molar-refractivity contribution in [1.29, 1.82) is 0 Å². The molecule has 1 aliphatic carbocycles. The Morgan fingerprint density at radius 1 is 1.31 bits per heavy atom. The predicted octanol–water partition coefficient (Wildman–Crippen LogP) is 2.76. The summed E-state index contributed by atoms with van der Waals surface area (Å²) in [5, 5.41) is 14.3. The third-order valence-corrected chi connectivity index (χ3v) is 7.98. The maximum absolute atomic E-state index is 15.8. The van der Waals surface area contributed by atoms with Crippen molar-refractivity contribution >= 4 is 17.6 Å². The third-order valence-electron chi connectivity index (χ3n) is 7.98. The number of hydrogen-bond acceptors (Lipinski definition) is 5. The summed E-state index contributed by atoms with van der Waals surface area (Å²) in [5.74, 6) is -2.98. The van der Waals surface area contributed by atoms with Gasteiger partial charge in [-0.2, -0.15) is 5.06 Å². The Balaban J connectivity index is 1.56. The summed E-state index contributed by atoms with van der Waals surface area (Å²) >= 11 is 0. The van der Waals surface area contributed by atoms with E-state index in [0.29, 0.717) is 19.5 Å². The minimum atomic E-state index is -2.49. The van der Waals surface area contributed by atoms with Gasteiger partial charge in [0.1, 0.15) is 12.5 Å². The molecule has 6 atom stereocenters. The average Bonchev–Trinajstić information content (AvgIpc) is 3.54. The summed E-state index contributed by atoms with van der Waals surface area (Å²) in [6, 6.07) is 3.01. The number of hydrogen-bond donors (Lipinski definition) is 2. The van der Waals surface area contributed by atoms with Gasteiger partial charge in [0.15, 0.2) is 5.78 Å². The van der Waals surface area contributed by atoms with Crippen LogP contribution in [0.3, 0.4) is 0 Å². The van der Waals surface area contributed by atoms with Crippen molar-refractivity contribution in [3.63, 3.8) is 0 Å². The Kier molecular flexibility index (Phi) is 7.51. The van der Waals surface area contributed by atoms with E-state index in [1.165, 1.54) is 23.1 Å². The number of alkyl halides is 2. The van der Waals surface area contributed by atoms with Gasteiger partial charge < -0.3 is 15.4 Å². The first kappa shape index (κ1) is 25.6. The SMILES string of the molecule is CC(F)(C(=O)N1CC2CCCC2[C@H]1CN(O)[C@@H](CC1CCNC1=O)C(=O)CF)c1cccc(F)c1. The van der Waals surface area contributed by atoms with Crippen LogP contribution in [-0.2, 0) is 20.1 Å². The molecule has 0 aromatic heterocycles. The number of likely N-dealkylation sites (tertiary alicyclic amines) is 1.